The molecule has 0 atom stereocenters. The van der Waals surface area contributed by atoms with Gasteiger partial charge >= 0.3 is 0 Å². The molecular weight excluding hydrogens is 244 g/mol. The monoisotopic (exact) mass is 260 g/mol. The fraction of sp³-hybridized carbons (Fsp3) is 0.231. The van der Waals surface area contributed by atoms with Crippen molar-refractivity contribution in [3.8, 4) is 0 Å². The highest BCUT2D eigenvalue weighted by Gasteiger charge is 2.07. The van der Waals surface area contributed by atoms with Crippen LogP contribution in [-0.2, 0) is 9.59 Å². The van der Waals surface area contributed by atoms with E-state index in [1.54, 1.807) is 31.3 Å². The number of hydrogen-bond acceptors (Lipinski definition) is 5. The van der Waals surface area contributed by atoms with Crippen molar-refractivity contribution in [3.05, 3.63) is 29.8 Å². The standard InChI is InChI=1S/C13H16N4O2/c1-9(18)6-13(19)16-11-5-3-4-10(7-11)12(17-14)8-15-2/h3-5,7-8H,6,14H2,1-2H3,(H,16,19). The Morgan fingerprint density at radius 1 is 1.42 bits per heavy atom. The zero-order chi connectivity index (χ0) is 14.3. The predicted molar refractivity (Wildman–Crippen MR) is 75.5 cm³/mol. The van der Waals surface area contributed by atoms with Crippen molar-refractivity contribution in [3.63, 3.8) is 0 Å². The number of benzene rings is 1. The Morgan fingerprint density at radius 3 is 2.74 bits per heavy atom. The molecule has 0 aliphatic heterocycles. The second kappa shape index (κ2) is 7.05. The smallest absolute Gasteiger partial charge is 0.231 e. The van der Waals surface area contributed by atoms with Gasteiger partial charge in [-0.15, -0.1) is 0 Å². The first-order chi connectivity index (χ1) is 9.06. The molecule has 19 heavy (non-hydrogen) atoms. The molecule has 0 fully saturated rings. The Bertz CT molecular complexity index is 535. The van der Waals surface area contributed by atoms with Gasteiger partial charge in [0, 0.05) is 24.5 Å². The molecule has 3 N–H and O–H groups in total. The normalized spacial score (nSPS) is 11.6. The third-order valence-corrected chi connectivity index (χ3v) is 2.24. The highest BCUT2D eigenvalue weighted by atomic mass is 16.2. The summed E-state index contributed by atoms with van der Waals surface area (Å²) in [6, 6.07) is 6.99. The van der Waals surface area contributed by atoms with E-state index in [-0.39, 0.29) is 18.1 Å². The molecule has 1 amide bonds. The molecule has 0 aliphatic rings. The van der Waals surface area contributed by atoms with Crippen molar-refractivity contribution in [2.45, 2.75) is 13.3 Å². The van der Waals surface area contributed by atoms with Crippen LogP contribution in [0.2, 0.25) is 0 Å². The number of nitrogens with one attached hydrogen (secondary N) is 1. The van der Waals surface area contributed by atoms with Gasteiger partial charge in [0.1, 0.15) is 11.5 Å². The minimum Gasteiger partial charge on any atom is -0.326 e. The Labute approximate surface area is 111 Å². The number of anilines is 1. The lowest BCUT2D eigenvalue weighted by Gasteiger charge is -2.06. The Balaban J connectivity index is 2.88. The average Bonchev–Trinajstić information content (AvgIpc) is 2.35. The molecule has 0 aromatic heterocycles. The molecule has 0 heterocycles. The van der Waals surface area contributed by atoms with Crippen LogP contribution in [0.25, 0.3) is 0 Å². The van der Waals surface area contributed by atoms with E-state index in [0.29, 0.717) is 11.4 Å². The quantitative estimate of drug-likeness (QED) is 0.357. The molecule has 100 valence electrons. The number of amides is 1. The molecule has 0 spiro atoms. The summed E-state index contributed by atoms with van der Waals surface area (Å²) >= 11 is 0. The van der Waals surface area contributed by atoms with E-state index < -0.39 is 0 Å². The van der Waals surface area contributed by atoms with Crippen LogP contribution in [0.15, 0.2) is 34.4 Å². The van der Waals surface area contributed by atoms with Gasteiger partial charge in [0.25, 0.3) is 0 Å². The summed E-state index contributed by atoms with van der Waals surface area (Å²) < 4.78 is 0. The van der Waals surface area contributed by atoms with Crippen molar-refractivity contribution in [1.29, 1.82) is 0 Å². The average molecular weight is 260 g/mol. The number of nitrogens with zero attached hydrogens (tertiary/aromatic N) is 2. The highest BCUT2D eigenvalue weighted by molar-refractivity contribution is 6.38. The zero-order valence-electron chi connectivity index (χ0n) is 10.9. The summed E-state index contributed by atoms with van der Waals surface area (Å²) in [5.74, 6) is 4.74. The lowest BCUT2D eigenvalue weighted by Crippen LogP contribution is -2.15. The van der Waals surface area contributed by atoms with Gasteiger partial charge in [0.2, 0.25) is 5.91 Å². The van der Waals surface area contributed by atoms with Gasteiger partial charge in [-0.1, -0.05) is 12.1 Å². The SMILES string of the molecule is CN=CC(=NN)c1cccc(NC(=O)CC(C)=O)c1. The maximum atomic E-state index is 11.5. The second-order valence-corrected chi connectivity index (χ2v) is 3.91. The molecule has 0 saturated heterocycles. The molecule has 0 bridgehead atoms. The van der Waals surface area contributed by atoms with Gasteiger partial charge in [0.15, 0.2) is 0 Å². The largest absolute Gasteiger partial charge is 0.326 e. The summed E-state index contributed by atoms with van der Waals surface area (Å²) in [5, 5.41) is 6.25. The zero-order valence-corrected chi connectivity index (χ0v) is 10.9. The number of ketones is 1. The predicted octanol–water partition coefficient (Wildman–Crippen LogP) is 0.968. The maximum absolute atomic E-state index is 11.5. The number of aliphatic imine (C=N–C) groups is 1. The summed E-state index contributed by atoms with van der Waals surface area (Å²) in [6.45, 7) is 1.37. The number of carbonyl (C=O) groups excluding carboxylic acids is 2. The number of rotatable bonds is 5. The van der Waals surface area contributed by atoms with E-state index in [9.17, 15) is 9.59 Å². The Hall–Kier alpha value is -2.50. The van der Waals surface area contributed by atoms with Crippen LogP contribution in [0.3, 0.4) is 0 Å². The van der Waals surface area contributed by atoms with Crippen molar-refractivity contribution in [2.24, 2.45) is 15.9 Å². The number of nitrogens with two attached hydrogens (primary N) is 1. The molecule has 6 nitrogen and oxygen atoms in total. The first-order valence-electron chi connectivity index (χ1n) is 5.66. The van der Waals surface area contributed by atoms with E-state index in [0.717, 1.165) is 5.56 Å². The van der Waals surface area contributed by atoms with Gasteiger partial charge in [-0.25, -0.2) is 0 Å². The molecule has 1 aromatic rings. The van der Waals surface area contributed by atoms with E-state index in [2.05, 4.69) is 15.4 Å². The first-order valence-corrected chi connectivity index (χ1v) is 5.66. The van der Waals surface area contributed by atoms with Crippen LogP contribution in [0.4, 0.5) is 5.69 Å². The van der Waals surface area contributed by atoms with Crippen molar-refractivity contribution in [2.75, 3.05) is 12.4 Å². The number of Topliss-reactive ketones (excluding diaryl/α,β-unsaturated/α-hetero) is 1. The van der Waals surface area contributed by atoms with E-state index in [4.69, 9.17) is 5.84 Å². The molecule has 0 aliphatic carbocycles. The van der Waals surface area contributed by atoms with Crippen molar-refractivity contribution in [1.82, 2.24) is 0 Å². The topological polar surface area (TPSA) is 96.9 Å². The van der Waals surface area contributed by atoms with Crippen molar-refractivity contribution >= 4 is 29.3 Å². The number of carbonyl (C=O) groups is 2. The summed E-state index contributed by atoms with van der Waals surface area (Å²) in [7, 11) is 1.61. The van der Waals surface area contributed by atoms with Gasteiger partial charge < -0.3 is 11.2 Å². The highest BCUT2D eigenvalue weighted by Crippen LogP contribution is 2.11. The summed E-state index contributed by atoms with van der Waals surface area (Å²) in [5.41, 5.74) is 1.81. The van der Waals surface area contributed by atoms with Gasteiger partial charge in [0.05, 0.1) is 6.42 Å². The second-order valence-electron chi connectivity index (χ2n) is 3.91. The number of hydrogen-bond donors (Lipinski definition) is 2. The molecule has 0 unspecified atom stereocenters. The third kappa shape index (κ3) is 4.71. The van der Waals surface area contributed by atoms with Crippen LogP contribution in [0.1, 0.15) is 18.9 Å². The van der Waals surface area contributed by atoms with Gasteiger partial charge in [-0.3, -0.25) is 14.6 Å². The fourth-order valence-corrected chi connectivity index (χ4v) is 1.49. The molecular formula is C13H16N4O2. The van der Waals surface area contributed by atoms with E-state index in [1.807, 2.05) is 0 Å². The molecule has 1 aromatic carbocycles. The van der Waals surface area contributed by atoms with Crippen LogP contribution < -0.4 is 11.2 Å². The summed E-state index contributed by atoms with van der Waals surface area (Å²) in [4.78, 5) is 26.2. The van der Waals surface area contributed by atoms with Crippen LogP contribution >= 0.6 is 0 Å². The minimum absolute atomic E-state index is 0.140. The van der Waals surface area contributed by atoms with Crippen LogP contribution in [0, 0.1) is 0 Å². The lowest BCUT2D eigenvalue weighted by molar-refractivity contribution is -0.124. The molecule has 0 saturated carbocycles. The third-order valence-electron chi connectivity index (χ3n) is 2.24. The Morgan fingerprint density at radius 2 is 2.16 bits per heavy atom. The molecule has 1 rings (SSSR count). The minimum atomic E-state index is -0.347. The van der Waals surface area contributed by atoms with Gasteiger partial charge in [-0.2, -0.15) is 5.10 Å². The van der Waals surface area contributed by atoms with Crippen molar-refractivity contribution < 1.29 is 9.59 Å². The van der Waals surface area contributed by atoms with Gasteiger partial charge in [-0.05, 0) is 19.1 Å². The Kier molecular flexibility index (Phi) is 5.40. The lowest BCUT2D eigenvalue weighted by atomic mass is 10.1. The maximum Gasteiger partial charge on any atom is 0.231 e. The van der Waals surface area contributed by atoms with Crippen LogP contribution in [-0.4, -0.2) is 30.7 Å². The summed E-state index contributed by atoms with van der Waals surface area (Å²) in [6.07, 6.45) is 1.38. The van der Waals surface area contributed by atoms with E-state index in [1.165, 1.54) is 13.1 Å². The number of hydrazone groups is 1. The van der Waals surface area contributed by atoms with E-state index >= 15 is 0 Å². The first kappa shape index (κ1) is 14.6. The van der Waals surface area contributed by atoms with Crippen LogP contribution in [0.5, 0.6) is 0 Å². The fourth-order valence-electron chi connectivity index (χ4n) is 1.49. The molecule has 0 radical (unpaired) electrons. The molecule has 6 heteroatoms.